The highest BCUT2D eigenvalue weighted by atomic mass is 32.2. The average molecular weight is 1310 g/mol. The van der Waals surface area contributed by atoms with Crippen molar-refractivity contribution in [2.45, 2.75) is 141 Å². The van der Waals surface area contributed by atoms with Crippen molar-refractivity contribution in [2.24, 2.45) is 34.5 Å². The maximum atomic E-state index is 13.7. The van der Waals surface area contributed by atoms with E-state index in [0.29, 0.717) is 95.5 Å². The molecule has 1 aliphatic heterocycles. The number of nitriles is 1. The van der Waals surface area contributed by atoms with Crippen molar-refractivity contribution < 1.29 is 95.3 Å². The van der Waals surface area contributed by atoms with Crippen molar-refractivity contribution in [1.82, 2.24) is 0 Å². The summed E-state index contributed by atoms with van der Waals surface area (Å²) in [6.45, 7) is 25.6. The van der Waals surface area contributed by atoms with Crippen LogP contribution in [0.4, 0.5) is 0 Å². The molecule has 3 aromatic rings. The summed E-state index contributed by atoms with van der Waals surface area (Å²) in [4.78, 5) is 127. The van der Waals surface area contributed by atoms with E-state index in [-0.39, 0.29) is 87.8 Å². The largest absolute Gasteiger partial charge is 0.466 e. The molecule has 0 N–H and O–H groups in total. The Balaban J connectivity index is 0.000000624. The van der Waals surface area contributed by atoms with E-state index in [1.165, 1.54) is 0 Å². The Morgan fingerprint density at radius 3 is 1.40 bits per heavy atom. The Morgan fingerprint density at radius 2 is 0.967 bits per heavy atom. The van der Waals surface area contributed by atoms with Gasteiger partial charge in [0.25, 0.3) is 5.70 Å². The number of thioether (sulfide) groups is 2. The lowest BCUT2D eigenvalue weighted by molar-refractivity contribution is -0.154. The SMILES string of the molecule is C=CC(=O)OCC(C)(C)COC(=O)CCC(=O)OCCC.[C-]#[N+]/C(C#N)=C1\Sc2c(OC(=O)C3CCC(C(=O)Oc4ccccc4)CC3)cc(C)c(OC(=O)C3CCC(C(=O)Oc4ccc(CCOC(=O)CCC(=O)OCC(C)(C)COC(=O)C=C)cc4)CC3)c2S1. The second-order valence-electron chi connectivity index (χ2n) is 23.4. The van der Waals surface area contributed by atoms with Gasteiger partial charge in [-0.3, -0.25) is 38.4 Å². The van der Waals surface area contributed by atoms with Gasteiger partial charge in [0.15, 0.2) is 0 Å². The van der Waals surface area contributed by atoms with Crippen LogP contribution in [0.5, 0.6) is 23.0 Å². The van der Waals surface area contributed by atoms with E-state index < -0.39 is 82.3 Å². The van der Waals surface area contributed by atoms with Gasteiger partial charge in [-0.15, -0.1) is 0 Å². The van der Waals surface area contributed by atoms with E-state index in [1.807, 2.05) is 19.1 Å². The molecule has 1 heterocycles. The number of benzene rings is 3. The van der Waals surface area contributed by atoms with E-state index in [0.717, 1.165) is 47.7 Å². The molecular formula is C68H78N2O20S2. The van der Waals surface area contributed by atoms with Crippen LogP contribution in [0.2, 0.25) is 0 Å². The molecular weight excluding hydrogens is 1230 g/mol. The Kier molecular flexibility index (Phi) is 29.7. The molecule has 22 nitrogen and oxygen atoms in total. The van der Waals surface area contributed by atoms with Gasteiger partial charge in [0.2, 0.25) is 0 Å². The van der Waals surface area contributed by atoms with Crippen molar-refractivity contribution in [3.63, 3.8) is 0 Å². The number of allylic oxidation sites excluding steroid dienone is 1. The third-order valence-electron chi connectivity index (χ3n) is 14.4. The maximum Gasteiger partial charge on any atom is 0.330 e. The van der Waals surface area contributed by atoms with Crippen LogP contribution in [0.3, 0.4) is 0 Å². The molecule has 0 unspecified atom stereocenters. The summed E-state index contributed by atoms with van der Waals surface area (Å²) < 4.78 is 53.9. The Morgan fingerprint density at radius 1 is 0.565 bits per heavy atom. The molecule has 492 valence electrons. The topological polar surface area (TPSA) is 291 Å². The standard InChI is InChI=1S/C53H54N2O14S2.C15H24O6/c1-6-42(56)64-30-53(3,4)31-65-44(58)25-24-43(57)63-27-26-33-12-22-39(23-13-33)67-49(60)35-16-20-37(21-17-35)51(62)69-45-32(2)28-41(46-47(45)71-52(70-46)40(29-54)55-5)68-50(61)36-18-14-34(15-19-36)48(59)66-38-10-8-7-9-11-38;1-5-9-19-13(17)7-8-14(18)21-11-15(3,4)10-20-12(16)6-2/h6-13,22-23,28,34-37H,1,14-21,24-27,30-31H2,2-4H3;6H,2,5,7-11H2,1,3-4H3/b52-40+;. The summed E-state index contributed by atoms with van der Waals surface area (Å²) in [5, 5.41) is 9.69. The fourth-order valence-electron chi connectivity index (χ4n) is 9.13. The number of rotatable bonds is 29. The van der Waals surface area contributed by atoms with Crippen molar-refractivity contribution >= 4 is 83.2 Å². The van der Waals surface area contributed by atoms with Crippen LogP contribution < -0.4 is 18.9 Å². The first-order chi connectivity index (χ1) is 43.9. The van der Waals surface area contributed by atoms with Gasteiger partial charge < -0.3 is 47.4 Å². The zero-order valence-electron chi connectivity index (χ0n) is 52.7. The van der Waals surface area contributed by atoms with E-state index in [4.69, 9.17) is 53.9 Å². The third kappa shape index (κ3) is 24.8. The number of carbonyl (C=O) groups excluding carboxylic acids is 10. The van der Waals surface area contributed by atoms with Crippen LogP contribution in [0.15, 0.2) is 106 Å². The summed E-state index contributed by atoms with van der Waals surface area (Å²) >= 11 is 2.20. The smallest absolute Gasteiger partial charge is 0.330 e. The zero-order chi connectivity index (χ0) is 67.4. The summed E-state index contributed by atoms with van der Waals surface area (Å²) in [6, 6.07) is 19.1. The quantitative estimate of drug-likeness (QED) is 0.0156. The summed E-state index contributed by atoms with van der Waals surface area (Å²) in [5.74, 6) is -5.35. The minimum Gasteiger partial charge on any atom is -0.466 e. The van der Waals surface area contributed by atoms with Gasteiger partial charge in [0, 0.05) is 29.4 Å². The van der Waals surface area contributed by atoms with Gasteiger partial charge in [-0.05, 0) is 106 Å². The van der Waals surface area contributed by atoms with E-state index in [1.54, 1.807) is 89.2 Å². The first-order valence-electron chi connectivity index (χ1n) is 30.1. The Bertz CT molecular complexity index is 3260. The maximum absolute atomic E-state index is 13.7. The second kappa shape index (κ2) is 36.9. The van der Waals surface area contributed by atoms with Crippen molar-refractivity contribution in [2.75, 3.05) is 39.6 Å². The lowest BCUT2D eigenvalue weighted by Crippen LogP contribution is -2.31. The number of hydrogen-bond acceptors (Lipinski definition) is 23. The molecule has 6 rings (SSSR count). The molecule has 0 bridgehead atoms. The molecule has 0 amide bonds. The number of carbonyl (C=O) groups is 10. The molecule has 2 aliphatic carbocycles. The van der Waals surface area contributed by atoms with E-state index in [2.05, 4.69) is 18.0 Å². The van der Waals surface area contributed by atoms with Gasteiger partial charge in [0.1, 0.15) is 23.0 Å². The molecule has 2 saturated carbocycles. The normalized spacial score (nSPS) is 17.1. The number of nitrogens with zero attached hydrogens (tertiary/aromatic N) is 2. The molecule has 92 heavy (non-hydrogen) atoms. The summed E-state index contributed by atoms with van der Waals surface area (Å²) in [7, 11) is 0. The Labute approximate surface area is 544 Å². The fourth-order valence-corrected chi connectivity index (χ4v) is 11.7. The van der Waals surface area contributed by atoms with Gasteiger partial charge in [-0.2, -0.15) is 0 Å². The number of esters is 10. The lowest BCUT2D eigenvalue weighted by Gasteiger charge is -2.27. The van der Waals surface area contributed by atoms with Gasteiger partial charge in [0.05, 0.1) is 116 Å². The van der Waals surface area contributed by atoms with Crippen LogP contribution in [0.1, 0.15) is 129 Å². The summed E-state index contributed by atoms with van der Waals surface area (Å²) in [6.07, 6.45) is 6.20. The van der Waals surface area contributed by atoms with Crippen LogP contribution in [0, 0.1) is 59.3 Å². The monoisotopic (exact) mass is 1310 g/mol. The average Bonchev–Trinajstić information content (AvgIpc) is 1.59. The van der Waals surface area contributed by atoms with Crippen LogP contribution in [-0.2, 0) is 82.8 Å². The number of ether oxygens (including phenoxy) is 10. The van der Waals surface area contributed by atoms with Crippen LogP contribution >= 0.6 is 23.5 Å². The first kappa shape index (κ1) is 74.0. The fraction of sp³-hybridized carbons (Fsp3) is 0.471. The molecule has 2 fully saturated rings. The van der Waals surface area contributed by atoms with Crippen molar-refractivity contribution in [3.05, 3.63) is 118 Å². The minimum atomic E-state index is -0.619. The predicted octanol–water partition coefficient (Wildman–Crippen LogP) is 11.6. The van der Waals surface area contributed by atoms with Crippen LogP contribution in [-0.4, -0.2) is 99.3 Å². The van der Waals surface area contributed by atoms with Gasteiger partial charge >= 0.3 is 59.7 Å². The molecule has 0 saturated heterocycles. The van der Waals surface area contributed by atoms with Gasteiger partial charge in [-0.25, -0.2) is 19.7 Å². The highest BCUT2D eigenvalue weighted by Gasteiger charge is 2.38. The second-order valence-corrected chi connectivity index (χ2v) is 25.7. The molecule has 24 heteroatoms. The predicted molar refractivity (Wildman–Crippen MR) is 335 cm³/mol. The lowest BCUT2D eigenvalue weighted by atomic mass is 9.82. The highest BCUT2D eigenvalue weighted by molar-refractivity contribution is 8.24. The number of fused-ring (bicyclic) bond motifs is 1. The molecule has 0 aromatic heterocycles. The zero-order valence-corrected chi connectivity index (χ0v) is 54.3. The molecule has 3 aromatic carbocycles. The molecule has 3 aliphatic rings. The Hall–Kier alpha value is -8.74. The molecule has 0 atom stereocenters. The molecule has 0 radical (unpaired) electrons. The third-order valence-corrected chi connectivity index (χ3v) is 17.0. The molecule has 0 spiro atoms. The highest BCUT2D eigenvalue weighted by Crippen LogP contribution is 2.60. The van der Waals surface area contributed by atoms with Crippen molar-refractivity contribution in [1.29, 1.82) is 5.26 Å². The summed E-state index contributed by atoms with van der Waals surface area (Å²) in [5.41, 5.74) is 0.0605. The van der Waals surface area contributed by atoms with E-state index >= 15 is 0 Å². The number of aryl methyl sites for hydroxylation is 1. The number of para-hydroxylation sites is 1. The minimum absolute atomic E-state index is 0.00161. The van der Waals surface area contributed by atoms with Crippen molar-refractivity contribution in [3.8, 4) is 29.1 Å². The van der Waals surface area contributed by atoms with Gasteiger partial charge in [-0.1, -0.05) is 102 Å². The van der Waals surface area contributed by atoms with E-state index in [9.17, 15) is 53.2 Å². The number of hydrogen-bond donors (Lipinski definition) is 0. The van der Waals surface area contributed by atoms with Crippen LogP contribution in [0.25, 0.3) is 4.85 Å². The first-order valence-corrected chi connectivity index (χ1v) is 31.8.